The Balaban J connectivity index is 2.07. The van der Waals surface area contributed by atoms with E-state index in [2.05, 4.69) is 10.1 Å². The van der Waals surface area contributed by atoms with Crippen molar-refractivity contribution in [2.45, 2.75) is 6.92 Å². The molecule has 2 aromatic heterocycles. The Morgan fingerprint density at radius 3 is 2.62 bits per heavy atom. The van der Waals surface area contributed by atoms with Gasteiger partial charge in [-0.25, -0.2) is 9.67 Å². The third-order valence-corrected chi connectivity index (χ3v) is 3.81. The zero-order chi connectivity index (χ0) is 15.0. The number of anilines is 1. The number of aryl methyl sites for hydroxylation is 1. The molecule has 3 rings (SSSR count). The van der Waals surface area contributed by atoms with Crippen LogP contribution in [0.3, 0.4) is 0 Å². The Hall–Kier alpha value is -2.04. The Morgan fingerprint density at radius 1 is 1.10 bits per heavy atom. The van der Waals surface area contributed by atoms with Gasteiger partial charge in [0.1, 0.15) is 5.69 Å². The average molecular weight is 319 g/mol. The van der Waals surface area contributed by atoms with Crippen LogP contribution in [0.1, 0.15) is 5.56 Å². The van der Waals surface area contributed by atoms with Crippen LogP contribution >= 0.6 is 23.2 Å². The first-order valence-corrected chi connectivity index (χ1v) is 7.04. The number of nitrogens with two attached hydrogens (primary N) is 1. The summed E-state index contributed by atoms with van der Waals surface area (Å²) in [5.74, 6) is 0.716. The summed E-state index contributed by atoms with van der Waals surface area (Å²) in [7, 11) is 0. The number of hydrogen-bond acceptors (Lipinski definition) is 3. The summed E-state index contributed by atoms with van der Waals surface area (Å²) in [6.45, 7) is 2.00. The highest BCUT2D eigenvalue weighted by molar-refractivity contribution is 6.42. The fraction of sp³-hybridized carbons (Fsp3) is 0.0667. The van der Waals surface area contributed by atoms with Gasteiger partial charge in [0.2, 0.25) is 0 Å². The SMILES string of the molecule is Cc1ccnc(-n2cc(N)c(-c3ccc(Cl)c(Cl)c3)n2)c1. The number of aromatic nitrogens is 3. The summed E-state index contributed by atoms with van der Waals surface area (Å²) < 4.78 is 1.65. The normalized spacial score (nSPS) is 10.8. The summed E-state index contributed by atoms with van der Waals surface area (Å²) in [4.78, 5) is 4.29. The van der Waals surface area contributed by atoms with Crippen LogP contribution in [0.25, 0.3) is 17.1 Å². The van der Waals surface area contributed by atoms with Crippen LogP contribution in [0.2, 0.25) is 10.0 Å². The molecule has 0 spiro atoms. The highest BCUT2D eigenvalue weighted by atomic mass is 35.5. The molecule has 21 heavy (non-hydrogen) atoms. The Morgan fingerprint density at radius 2 is 1.90 bits per heavy atom. The van der Waals surface area contributed by atoms with E-state index in [1.165, 1.54) is 0 Å². The van der Waals surface area contributed by atoms with Crippen LogP contribution < -0.4 is 5.73 Å². The number of nitrogen functional groups attached to an aromatic ring is 1. The molecule has 0 aliphatic heterocycles. The molecule has 0 fully saturated rings. The quantitative estimate of drug-likeness (QED) is 0.772. The molecular formula is C15H12Cl2N4. The van der Waals surface area contributed by atoms with Crippen LogP contribution in [-0.4, -0.2) is 14.8 Å². The molecular weight excluding hydrogens is 307 g/mol. The van der Waals surface area contributed by atoms with E-state index < -0.39 is 0 Å². The first-order valence-electron chi connectivity index (χ1n) is 6.28. The minimum atomic E-state index is 0.469. The largest absolute Gasteiger partial charge is 0.396 e. The zero-order valence-corrected chi connectivity index (χ0v) is 12.7. The zero-order valence-electron chi connectivity index (χ0n) is 11.2. The van der Waals surface area contributed by atoms with Crippen LogP contribution in [0.4, 0.5) is 5.69 Å². The molecule has 3 aromatic rings. The number of nitrogens with zero attached hydrogens (tertiary/aromatic N) is 3. The van der Waals surface area contributed by atoms with Gasteiger partial charge in [0, 0.05) is 11.8 Å². The fourth-order valence-corrected chi connectivity index (χ4v) is 2.32. The number of rotatable bonds is 2. The van der Waals surface area contributed by atoms with Gasteiger partial charge in [-0.15, -0.1) is 0 Å². The number of hydrogen-bond donors (Lipinski definition) is 1. The van der Waals surface area contributed by atoms with Crippen molar-refractivity contribution in [1.29, 1.82) is 0 Å². The van der Waals surface area contributed by atoms with Crippen molar-refractivity contribution >= 4 is 28.9 Å². The maximum absolute atomic E-state index is 6.05. The first kappa shape index (κ1) is 13.9. The van der Waals surface area contributed by atoms with E-state index >= 15 is 0 Å². The van der Waals surface area contributed by atoms with Crippen LogP contribution in [-0.2, 0) is 0 Å². The molecule has 0 aliphatic rings. The predicted octanol–water partition coefficient (Wildman–Crippen LogP) is 4.13. The van der Waals surface area contributed by atoms with E-state index in [1.54, 1.807) is 29.2 Å². The molecule has 4 nitrogen and oxygen atoms in total. The minimum absolute atomic E-state index is 0.469. The van der Waals surface area contributed by atoms with E-state index in [-0.39, 0.29) is 0 Å². The van der Waals surface area contributed by atoms with Crippen molar-refractivity contribution in [2.24, 2.45) is 0 Å². The highest BCUT2D eigenvalue weighted by Gasteiger charge is 2.11. The lowest BCUT2D eigenvalue weighted by Crippen LogP contribution is -1.98. The van der Waals surface area contributed by atoms with Crippen molar-refractivity contribution in [3.8, 4) is 17.1 Å². The molecule has 2 heterocycles. The van der Waals surface area contributed by atoms with Crippen LogP contribution in [0.5, 0.6) is 0 Å². The Kier molecular flexibility index (Phi) is 3.57. The monoisotopic (exact) mass is 318 g/mol. The first-order chi connectivity index (χ1) is 10.0. The lowest BCUT2D eigenvalue weighted by molar-refractivity contribution is 0.848. The summed E-state index contributed by atoms with van der Waals surface area (Å²) in [6, 6.07) is 9.17. The number of halogens is 2. The number of benzene rings is 1. The molecule has 0 aliphatic carbocycles. The second-order valence-electron chi connectivity index (χ2n) is 4.70. The second-order valence-corrected chi connectivity index (χ2v) is 5.51. The summed E-state index contributed by atoms with van der Waals surface area (Å²) in [5.41, 5.74) is 9.17. The van der Waals surface area contributed by atoms with Gasteiger partial charge in [-0.1, -0.05) is 29.3 Å². The van der Waals surface area contributed by atoms with E-state index in [1.807, 2.05) is 25.1 Å². The molecule has 6 heteroatoms. The standard InChI is InChI=1S/C15H12Cl2N4/c1-9-4-5-19-14(6-9)21-8-13(18)15(20-21)10-2-3-11(16)12(17)7-10/h2-8H,18H2,1H3. The molecule has 0 atom stereocenters. The van der Waals surface area contributed by atoms with Crippen molar-refractivity contribution in [3.05, 3.63) is 58.3 Å². The molecule has 106 valence electrons. The average Bonchev–Trinajstić information content (AvgIpc) is 2.84. The number of pyridine rings is 1. The molecule has 0 saturated heterocycles. The van der Waals surface area contributed by atoms with Gasteiger partial charge < -0.3 is 5.73 Å². The fourth-order valence-electron chi connectivity index (χ4n) is 2.02. The van der Waals surface area contributed by atoms with Crippen molar-refractivity contribution in [2.75, 3.05) is 5.73 Å². The molecule has 0 amide bonds. The Bertz CT molecular complexity index is 811. The van der Waals surface area contributed by atoms with E-state index in [0.29, 0.717) is 27.2 Å². The van der Waals surface area contributed by atoms with Crippen molar-refractivity contribution in [3.63, 3.8) is 0 Å². The van der Waals surface area contributed by atoms with E-state index in [4.69, 9.17) is 28.9 Å². The molecule has 0 saturated carbocycles. The summed E-state index contributed by atoms with van der Waals surface area (Å²) in [6.07, 6.45) is 3.47. The van der Waals surface area contributed by atoms with E-state index in [0.717, 1.165) is 11.1 Å². The third kappa shape index (κ3) is 2.73. The van der Waals surface area contributed by atoms with Gasteiger partial charge in [-0.3, -0.25) is 0 Å². The van der Waals surface area contributed by atoms with Crippen LogP contribution in [0, 0.1) is 6.92 Å². The van der Waals surface area contributed by atoms with E-state index in [9.17, 15) is 0 Å². The predicted molar refractivity (Wildman–Crippen MR) is 86.0 cm³/mol. The summed E-state index contributed by atoms with van der Waals surface area (Å²) >= 11 is 12.0. The second kappa shape index (κ2) is 5.39. The van der Waals surface area contributed by atoms with Crippen molar-refractivity contribution < 1.29 is 0 Å². The van der Waals surface area contributed by atoms with Gasteiger partial charge in [0.05, 0.1) is 21.9 Å². The Labute approximate surface area is 132 Å². The minimum Gasteiger partial charge on any atom is -0.396 e. The maximum Gasteiger partial charge on any atom is 0.153 e. The van der Waals surface area contributed by atoms with Crippen LogP contribution in [0.15, 0.2) is 42.7 Å². The lowest BCUT2D eigenvalue weighted by Gasteiger charge is -2.02. The molecule has 0 bridgehead atoms. The molecule has 0 radical (unpaired) electrons. The van der Waals surface area contributed by atoms with Gasteiger partial charge in [-0.05, 0) is 36.8 Å². The molecule has 2 N–H and O–H groups in total. The van der Waals surface area contributed by atoms with Crippen molar-refractivity contribution in [1.82, 2.24) is 14.8 Å². The molecule has 1 aromatic carbocycles. The molecule has 0 unspecified atom stereocenters. The highest BCUT2D eigenvalue weighted by Crippen LogP contribution is 2.31. The summed E-state index contributed by atoms with van der Waals surface area (Å²) in [5, 5.41) is 5.46. The topological polar surface area (TPSA) is 56.7 Å². The lowest BCUT2D eigenvalue weighted by atomic mass is 10.1. The van der Waals surface area contributed by atoms with Gasteiger partial charge >= 0.3 is 0 Å². The third-order valence-electron chi connectivity index (χ3n) is 3.07. The maximum atomic E-state index is 6.05. The van der Waals surface area contributed by atoms with Gasteiger partial charge in [0.15, 0.2) is 5.82 Å². The van der Waals surface area contributed by atoms with Gasteiger partial charge in [-0.2, -0.15) is 5.10 Å². The smallest absolute Gasteiger partial charge is 0.153 e. The van der Waals surface area contributed by atoms with Gasteiger partial charge in [0.25, 0.3) is 0 Å².